The van der Waals surface area contributed by atoms with E-state index in [1.54, 1.807) is 61.3 Å². The van der Waals surface area contributed by atoms with E-state index in [0.717, 1.165) is 11.1 Å². The third-order valence-corrected chi connectivity index (χ3v) is 14.7. The number of nitrogens with zero attached hydrogens (tertiary/aromatic N) is 2. The van der Waals surface area contributed by atoms with Gasteiger partial charge >= 0.3 is 0 Å². The van der Waals surface area contributed by atoms with E-state index < -0.39 is 47.1 Å². The smallest absolute Gasteiger partial charge is 0.247 e. The summed E-state index contributed by atoms with van der Waals surface area (Å²) in [5.74, 6) is -0.0422. The van der Waals surface area contributed by atoms with Crippen LogP contribution in [0.15, 0.2) is 48.5 Å². The van der Waals surface area contributed by atoms with E-state index in [-0.39, 0.29) is 46.2 Å². The molecule has 0 saturated carbocycles. The molecule has 0 aliphatic carbocycles. The van der Waals surface area contributed by atoms with Gasteiger partial charge in [0.05, 0.1) is 22.8 Å². The van der Waals surface area contributed by atoms with E-state index in [4.69, 9.17) is 0 Å². The Balaban J connectivity index is 1.07. The molecule has 4 fully saturated rings. The molecular weight excluding hydrogens is 789 g/mol. The van der Waals surface area contributed by atoms with Crippen LogP contribution in [0.5, 0.6) is 0 Å². The lowest BCUT2D eigenvalue weighted by atomic mass is 9.84. The second kappa shape index (κ2) is 18.2. The van der Waals surface area contributed by atoms with Gasteiger partial charge in [-0.3, -0.25) is 28.8 Å². The minimum atomic E-state index is -0.702. The van der Waals surface area contributed by atoms with Gasteiger partial charge in [0.1, 0.15) is 24.2 Å². The fourth-order valence-corrected chi connectivity index (χ4v) is 11.8. The van der Waals surface area contributed by atoms with Crippen molar-refractivity contribution < 1.29 is 28.8 Å². The van der Waals surface area contributed by atoms with Crippen molar-refractivity contribution in [3.05, 3.63) is 59.7 Å². The van der Waals surface area contributed by atoms with E-state index in [1.165, 1.54) is 0 Å². The molecule has 0 radical (unpaired) electrons. The largest absolute Gasteiger partial charge is 0.343 e. The summed E-state index contributed by atoms with van der Waals surface area (Å²) in [4.78, 5) is 84.4. The quantitative estimate of drug-likeness (QED) is 0.185. The molecule has 0 aromatic heterocycles. The fraction of sp³-hybridized carbons (Fsp3) is 0.581. The summed E-state index contributed by atoms with van der Waals surface area (Å²) in [5, 5.41) is 17.4. The number of thioether (sulfide) groups is 2. The molecule has 14 nitrogen and oxygen atoms in total. The van der Waals surface area contributed by atoms with Gasteiger partial charge in [-0.15, -0.1) is 23.5 Å². The lowest BCUT2D eigenvalue weighted by Crippen LogP contribution is -2.57. The predicted molar refractivity (Wildman–Crippen MR) is 234 cm³/mol. The van der Waals surface area contributed by atoms with Crippen LogP contribution in [-0.4, -0.2) is 118 Å². The first-order chi connectivity index (χ1) is 27.9. The first-order valence-corrected chi connectivity index (χ1v) is 22.7. The van der Waals surface area contributed by atoms with Crippen LogP contribution in [0, 0.1) is 10.8 Å². The van der Waals surface area contributed by atoms with Gasteiger partial charge in [-0.05, 0) is 118 Å². The maximum absolute atomic E-state index is 13.9. The van der Waals surface area contributed by atoms with Gasteiger partial charge in [0, 0.05) is 11.4 Å². The highest BCUT2D eigenvalue weighted by Crippen LogP contribution is 2.48. The zero-order valence-electron chi connectivity index (χ0n) is 35.3. The summed E-state index contributed by atoms with van der Waals surface area (Å²) in [6.45, 7) is 11.5. The van der Waals surface area contributed by atoms with Crippen molar-refractivity contribution in [2.24, 2.45) is 10.8 Å². The number of likely N-dealkylation sites (N-methyl/N-ethyl adjacent to an activating group) is 2. The van der Waals surface area contributed by atoms with Crippen LogP contribution in [0.2, 0.25) is 0 Å². The van der Waals surface area contributed by atoms with Crippen molar-refractivity contribution in [1.29, 1.82) is 0 Å². The molecule has 2 aromatic rings. The Morgan fingerprint density at radius 1 is 0.644 bits per heavy atom. The van der Waals surface area contributed by atoms with Gasteiger partial charge in [0.2, 0.25) is 35.4 Å². The topological polar surface area (TPSA) is 181 Å². The fourth-order valence-electron chi connectivity index (χ4n) is 8.63. The zero-order valence-corrected chi connectivity index (χ0v) is 37.0. The Morgan fingerprint density at radius 3 is 1.34 bits per heavy atom. The van der Waals surface area contributed by atoms with Crippen molar-refractivity contribution in [2.45, 2.75) is 121 Å². The highest BCUT2D eigenvalue weighted by Gasteiger charge is 2.56. The highest BCUT2D eigenvalue weighted by molar-refractivity contribution is 8.00. The number of hydrogen-bond donors (Lipinski definition) is 6. The Bertz CT molecular complexity index is 1770. The van der Waals surface area contributed by atoms with E-state index in [9.17, 15) is 28.8 Å². The van der Waals surface area contributed by atoms with Crippen LogP contribution >= 0.6 is 23.5 Å². The summed E-state index contributed by atoms with van der Waals surface area (Å²) < 4.78 is 0. The number of benzene rings is 2. The van der Waals surface area contributed by atoms with E-state index in [1.807, 2.05) is 76.2 Å². The molecule has 2 aromatic carbocycles. The molecule has 6 N–H and O–H groups in total. The molecule has 4 saturated heterocycles. The summed E-state index contributed by atoms with van der Waals surface area (Å²) >= 11 is 3.32. The SMILES string of the molecule is CNC(C)C(=O)N[C@H]1CCS[C@H]2CC(C)(C)[C@@H](C(=O)Nc3ccc(Cc4ccc(NC(=O)[C@H]5N6C(=O)[C@@H](NC(=O)C(C)NC)CCS[C@H]6CC5(C)C)cc4)cc3)N2C1=O. The molecule has 59 heavy (non-hydrogen) atoms. The van der Waals surface area contributed by atoms with Crippen LogP contribution in [0.4, 0.5) is 11.4 Å². The lowest BCUT2D eigenvalue weighted by Gasteiger charge is -2.34. The number of nitrogens with one attached hydrogen (secondary N) is 6. The van der Waals surface area contributed by atoms with Crippen LogP contribution in [0.3, 0.4) is 0 Å². The molecule has 320 valence electrons. The Hall–Kier alpha value is -4.12. The normalized spacial score (nSPS) is 27.1. The predicted octanol–water partition coefficient (Wildman–Crippen LogP) is 3.52. The summed E-state index contributed by atoms with van der Waals surface area (Å²) in [6, 6.07) is 11.6. The molecule has 8 atom stereocenters. The summed E-state index contributed by atoms with van der Waals surface area (Å²) in [6.07, 6.45) is 2.98. The van der Waals surface area contributed by atoms with Crippen molar-refractivity contribution in [3.8, 4) is 0 Å². The maximum atomic E-state index is 13.9. The minimum Gasteiger partial charge on any atom is -0.343 e. The van der Waals surface area contributed by atoms with Crippen LogP contribution in [0.25, 0.3) is 0 Å². The summed E-state index contributed by atoms with van der Waals surface area (Å²) in [5.41, 5.74) is 2.35. The Kier molecular flexibility index (Phi) is 13.7. The molecule has 6 amide bonds. The monoisotopic (exact) mass is 848 g/mol. The number of hydrogen-bond acceptors (Lipinski definition) is 10. The molecule has 0 bridgehead atoms. The number of rotatable bonds is 12. The molecule has 2 unspecified atom stereocenters. The molecule has 16 heteroatoms. The van der Waals surface area contributed by atoms with Gasteiger partial charge in [-0.2, -0.15) is 0 Å². The van der Waals surface area contributed by atoms with Crippen molar-refractivity contribution in [1.82, 2.24) is 31.1 Å². The average molecular weight is 849 g/mol. The second-order valence-corrected chi connectivity index (χ2v) is 20.2. The standard InChI is InChI=1S/C43H60N8O6S2/c1-24(44-7)36(52)48-30-17-19-58-32-22-42(3,4)34(50(32)40(30)56)38(54)46-28-13-9-26(10-14-28)21-27-11-15-29(16-12-27)47-39(55)35-43(5,6)23-33-51(35)41(57)31(18-20-59-33)49-37(53)25(2)45-8/h9-16,24-25,30-35,44-45H,17-23H2,1-8H3,(H,46,54)(H,47,55)(H,48,52)(H,49,53)/t24?,25?,30-,31-,32-,33-,34+,35+/m0/s1. The van der Waals surface area contributed by atoms with Gasteiger partial charge in [-0.1, -0.05) is 52.0 Å². The van der Waals surface area contributed by atoms with E-state index in [0.29, 0.717) is 55.0 Å². The maximum Gasteiger partial charge on any atom is 0.247 e. The highest BCUT2D eigenvalue weighted by atomic mass is 32.2. The third-order valence-electron chi connectivity index (χ3n) is 12.2. The van der Waals surface area contributed by atoms with Crippen LogP contribution < -0.4 is 31.9 Å². The first kappa shape index (κ1) is 44.4. The number of fused-ring (bicyclic) bond motifs is 2. The Morgan fingerprint density at radius 2 is 1.00 bits per heavy atom. The van der Waals surface area contributed by atoms with Gasteiger partial charge in [0.15, 0.2) is 0 Å². The van der Waals surface area contributed by atoms with Gasteiger partial charge < -0.3 is 41.7 Å². The van der Waals surface area contributed by atoms with Crippen LogP contribution in [0.1, 0.15) is 78.4 Å². The van der Waals surface area contributed by atoms with Crippen molar-refractivity contribution in [3.63, 3.8) is 0 Å². The minimum absolute atomic E-state index is 0.149. The van der Waals surface area contributed by atoms with Gasteiger partial charge in [-0.25, -0.2) is 0 Å². The number of amides is 6. The van der Waals surface area contributed by atoms with E-state index in [2.05, 4.69) is 31.9 Å². The first-order valence-electron chi connectivity index (χ1n) is 20.6. The molecular formula is C43H60N8O6S2. The molecule has 4 heterocycles. The average Bonchev–Trinajstić information content (AvgIpc) is 3.51. The number of anilines is 2. The molecule has 6 rings (SSSR count). The molecule has 4 aliphatic rings. The molecule has 4 aliphatic heterocycles. The molecule has 0 spiro atoms. The van der Waals surface area contributed by atoms with E-state index >= 15 is 0 Å². The lowest BCUT2D eigenvalue weighted by molar-refractivity contribution is -0.142. The number of carbonyl (C=O) groups excluding carboxylic acids is 6. The summed E-state index contributed by atoms with van der Waals surface area (Å²) in [7, 11) is 3.39. The Labute approximate surface area is 356 Å². The second-order valence-electron chi connectivity index (χ2n) is 17.6. The third kappa shape index (κ3) is 9.76. The van der Waals surface area contributed by atoms with Crippen molar-refractivity contribution in [2.75, 3.05) is 36.2 Å². The number of carbonyl (C=O) groups is 6. The van der Waals surface area contributed by atoms with Crippen molar-refractivity contribution >= 4 is 70.3 Å². The van der Waals surface area contributed by atoms with Crippen LogP contribution in [-0.2, 0) is 35.2 Å². The van der Waals surface area contributed by atoms with Gasteiger partial charge in [0.25, 0.3) is 0 Å². The zero-order chi connectivity index (χ0) is 42.8.